The van der Waals surface area contributed by atoms with Crippen LogP contribution in [0.5, 0.6) is 0 Å². The van der Waals surface area contributed by atoms with Gasteiger partial charge in [0.05, 0.1) is 0 Å². The lowest BCUT2D eigenvalue weighted by atomic mass is 10.1. The van der Waals surface area contributed by atoms with Gasteiger partial charge in [-0.05, 0) is 29.8 Å². The van der Waals surface area contributed by atoms with Crippen LogP contribution in [0.15, 0.2) is 36.5 Å². The minimum absolute atomic E-state index is 0.274. The summed E-state index contributed by atoms with van der Waals surface area (Å²) in [4.78, 5) is 3.78. The molecule has 2 rings (SSSR count). The first-order valence-electron chi connectivity index (χ1n) is 4.24. The minimum atomic E-state index is -0.614. The molecule has 0 saturated heterocycles. The fraction of sp³-hybridized carbons (Fsp3) is 0. The average molecular weight is 226 g/mol. The third-order valence-corrected chi connectivity index (χ3v) is 2.18. The summed E-state index contributed by atoms with van der Waals surface area (Å²) in [7, 11) is 0. The Kier molecular flexibility index (Phi) is 2.64. The number of nitrogens with zero attached hydrogens (tertiary/aromatic N) is 1. The lowest BCUT2D eigenvalue weighted by molar-refractivity contribution is 0.585. The Hall–Kier alpha value is -1.48. The summed E-state index contributed by atoms with van der Waals surface area (Å²) in [5.74, 6) is -1.21. The van der Waals surface area contributed by atoms with Gasteiger partial charge in [-0.15, -0.1) is 0 Å². The highest BCUT2D eigenvalue weighted by Gasteiger charge is 2.06. The fourth-order valence-electron chi connectivity index (χ4n) is 1.29. The summed E-state index contributed by atoms with van der Waals surface area (Å²) in [6.45, 7) is 0. The molecule has 0 spiro atoms. The van der Waals surface area contributed by atoms with Gasteiger partial charge in [-0.25, -0.2) is 13.8 Å². The van der Waals surface area contributed by atoms with Crippen molar-refractivity contribution < 1.29 is 8.78 Å². The number of pyridine rings is 1. The van der Waals surface area contributed by atoms with E-state index in [-0.39, 0.29) is 5.15 Å². The standard InChI is InChI=1S/C11H6ClF2N/c12-11-5-7(3-4-15-11)9-2-1-8(13)6-10(9)14/h1-6H. The second kappa shape index (κ2) is 3.95. The molecule has 0 unspecified atom stereocenters. The molecule has 0 fully saturated rings. The summed E-state index contributed by atoms with van der Waals surface area (Å²) < 4.78 is 26.0. The average Bonchev–Trinajstić information content (AvgIpc) is 2.17. The minimum Gasteiger partial charge on any atom is -0.245 e. The summed E-state index contributed by atoms with van der Waals surface area (Å²) in [6.07, 6.45) is 1.47. The van der Waals surface area contributed by atoms with Gasteiger partial charge in [-0.3, -0.25) is 0 Å². The molecular weight excluding hydrogens is 220 g/mol. The predicted molar refractivity (Wildman–Crippen MR) is 54.6 cm³/mol. The van der Waals surface area contributed by atoms with Crippen molar-refractivity contribution in [3.8, 4) is 11.1 Å². The van der Waals surface area contributed by atoms with E-state index in [4.69, 9.17) is 11.6 Å². The molecule has 76 valence electrons. The molecule has 0 aliphatic rings. The maximum atomic E-state index is 13.4. The van der Waals surface area contributed by atoms with Crippen molar-refractivity contribution in [2.24, 2.45) is 0 Å². The summed E-state index contributed by atoms with van der Waals surface area (Å²) in [6, 6.07) is 6.55. The molecule has 0 N–H and O–H groups in total. The number of benzene rings is 1. The maximum Gasteiger partial charge on any atom is 0.133 e. The third kappa shape index (κ3) is 2.13. The fourth-order valence-corrected chi connectivity index (χ4v) is 1.47. The van der Waals surface area contributed by atoms with E-state index in [0.29, 0.717) is 11.1 Å². The van der Waals surface area contributed by atoms with Crippen LogP contribution in [0.2, 0.25) is 5.15 Å². The molecule has 0 aliphatic carbocycles. The highest BCUT2D eigenvalue weighted by atomic mass is 35.5. The van der Waals surface area contributed by atoms with Crippen molar-refractivity contribution in [3.05, 3.63) is 53.3 Å². The van der Waals surface area contributed by atoms with E-state index in [1.54, 1.807) is 6.07 Å². The molecule has 0 amide bonds. The summed E-state index contributed by atoms with van der Waals surface area (Å²) >= 11 is 5.67. The predicted octanol–water partition coefficient (Wildman–Crippen LogP) is 3.68. The number of halogens is 3. The molecule has 1 heterocycles. The van der Waals surface area contributed by atoms with Gasteiger partial charge >= 0.3 is 0 Å². The summed E-state index contributed by atoms with van der Waals surface area (Å²) in [5, 5.41) is 0.274. The molecule has 1 aromatic heterocycles. The van der Waals surface area contributed by atoms with Gasteiger partial charge in [0.15, 0.2) is 0 Å². The van der Waals surface area contributed by atoms with Crippen molar-refractivity contribution in [2.75, 3.05) is 0 Å². The summed E-state index contributed by atoms with van der Waals surface area (Å²) in [5.41, 5.74) is 0.883. The molecule has 1 aromatic carbocycles. The Bertz CT molecular complexity index is 500. The maximum absolute atomic E-state index is 13.4. The molecule has 0 atom stereocenters. The Labute approximate surface area is 90.3 Å². The van der Waals surface area contributed by atoms with Crippen molar-refractivity contribution in [3.63, 3.8) is 0 Å². The van der Waals surface area contributed by atoms with Crippen LogP contribution >= 0.6 is 11.6 Å². The van der Waals surface area contributed by atoms with Crippen LogP contribution in [-0.2, 0) is 0 Å². The van der Waals surface area contributed by atoms with Gasteiger partial charge in [-0.1, -0.05) is 11.6 Å². The van der Waals surface area contributed by atoms with Crippen LogP contribution in [0, 0.1) is 11.6 Å². The third-order valence-electron chi connectivity index (χ3n) is 1.97. The topological polar surface area (TPSA) is 12.9 Å². The van der Waals surface area contributed by atoms with E-state index in [0.717, 1.165) is 6.07 Å². The van der Waals surface area contributed by atoms with E-state index in [1.165, 1.54) is 24.4 Å². The normalized spacial score (nSPS) is 10.3. The Morgan fingerprint density at radius 1 is 1.07 bits per heavy atom. The second-order valence-electron chi connectivity index (χ2n) is 2.99. The van der Waals surface area contributed by atoms with Crippen LogP contribution in [0.25, 0.3) is 11.1 Å². The number of rotatable bonds is 1. The van der Waals surface area contributed by atoms with Crippen molar-refractivity contribution in [1.82, 2.24) is 4.98 Å². The van der Waals surface area contributed by atoms with E-state index in [1.807, 2.05) is 0 Å². The van der Waals surface area contributed by atoms with Crippen molar-refractivity contribution in [1.29, 1.82) is 0 Å². The zero-order valence-electron chi connectivity index (χ0n) is 7.55. The molecular formula is C11H6ClF2N. The zero-order valence-corrected chi connectivity index (χ0v) is 8.30. The molecule has 0 aliphatic heterocycles. The highest BCUT2D eigenvalue weighted by molar-refractivity contribution is 6.29. The molecule has 4 heteroatoms. The van der Waals surface area contributed by atoms with Gasteiger partial charge < -0.3 is 0 Å². The van der Waals surface area contributed by atoms with Gasteiger partial charge in [-0.2, -0.15) is 0 Å². The van der Waals surface area contributed by atoms with Crippen LogP contribution in [-0.4, -0.2) is 4.98 Å². The SMILES string of the molecule is Fc1ccc(-c2ccnc(Cl)c2)c(F)c1. The largest absolute Gasteiger partial charge is 0.245 e. The molecule has 15 heavy (non-hydrogen) atoms. The number of aromatic nitrogens is 1. The monoisotopic (exact) mass is 225 g/mol. The Morgan fingerprint density at radius 2 is 1.87 bits per heavy atom. The Balaban J connectivity index is 2.54. The molecule has 0 saturated carbocycles. The van der Waals surface area contributed by atoms with Crippen LogP contribution in [0.4, 0.5) is 8.78 Å². The molecule has 2 aromatic rings. The number of hydrogen-bond donors (Lipinski definition) is 0. The van der Waals surface area contributed by atoms with Crippen LogP contribution in [0.3, 0.4) is 0 Å². The van der Waals surface area contributed by atoms with Gasteiger partial charge in [0, 0.05) is 17.8 Å². The molecule has 0 radical (unpaired) electrons. The highest BCUT2D eigenvalue weighted by Crippen LogP contribution is 2.24. The second-order valence-corrected chi connectivity index (χ2v) is 3.38. The van der Waals surface area contributed by atoms with Gasteiger partial charge in [0.25, 0.3) is 0 Å². The first kappa shape index (κ1) is 10.1. The van der Waals surface area contributed by atoms with E-state index in [2.05, 4.69) is 4.98 Å². The van der Waals surface area contributed by atoms with E-state index >= 15 is 0 Å². The lowest BCUT2D eigenvalue weighted by Gasteiger charge is -2.03. The van der Waals surface area contributed by atoms with Crippen LogP contribution in [0.1, 0.15) is 0 Å². The van der Waals surface area contributed by atoms with Crippen molar-refractivity contribution >= 4 is 11.6 Å². The molecule has 0 bridgehead atoms. The first-order valence-corrected chi connectivity index (χ1v) is 4.61. The Morgan fingerprint density at radius 3 is 2.53 bits per heavy atom. The van der Waals surface area contributed by atoms with Crippen molar-refractivity contribution in [2.45, 2.75) is 0 Å². The van der Waals surface area contributed by atoms with E-state index < -0.39 is 11.6 Å². The molecule has 1 nitrogen and oxygen atoms in total. The number of hydrogen-bond acceptors (Lipinski definition) is 1. The quantitative estimate of drug-likeness (QED) is 0.675. The van der Waals surface area contributed by atoms with Gasteiger partial charge in [0.1, 0.15) is 16.8 Å². The lowest BCUT2D eigenvalue weighted by Crippen LogP contribution is -1.86. The first-order chi connectivity index (χ1) is 7.16. The van der Waals surface area contributed by atoms with E-state index in [9.17, 15) is 8.78 Å². The van der Waals surface area contributed by atoms with Gasteiger partial charge in [0.2, 0.25) is 0 Å². The van der Waals surface area contributed by atoms with Crippen LogP contribution < -0.4 is 0 Å². The zero-order chi connectivity index (χ0) is 10.8. The smallest absolute Gasteiger partial charge is 0.133 e.